The second-order valence-corrected chi connectivity index (χ2v) is 8.74. The molecule has 11 nitrogen and oxygen atoms in total. The van der Waals surface area contributed by atoms with Crippen LogP contribution in [0.3, 0.4) is 0 Å². The lowest BCUT2D eigenvalue weighted by atomic mass is 10.2. The minimum absolute atomic E-state index is 0.104. The molecule has 4 aromatic rings. The summed E-state index contributed by atoms with van der Waals surface area (Å²) in [5.41, 5.74) is 1.81. The first-order valence-electron chi connectivity index (χ1n) is 11.7. The Morgan fingerprint density at radius 3 is 2.68 bits per heavy atom. The molecule has 194 valence electrons. The second kappa shape index (κ2) is 10.3. The zero-order chi connectivity index (χ0) is 26.8. The second-order valence-electron chi connectivity index (χ2n) is 8.74. The van der Waals surface area contributed by atoms with Crippen LogP contribution in [0, 0.1) is 17.7 Å². The predicted molar refractivity (Wildman–Crippen MR) is 131 cm³/mol. The molecule has 0 aromatic carbocycles. The van der Waals surface area contributed by atoms with Crippen molar-refractivity contribution in [1.29, 1.82) is 0 Å². The average molecular weight is 521 g/mol. The summed E-state index contributed by atoms with van der Waals surface area (Å²) in [5, 5.41) is 13.3. The number of aromatic nitrogens is 6. The van der Waals surface area contributed by atoms with Crippen molar-refractivity contribution in [2.45, 2.75) is 25.4 Å². The summed E-state index contributed by atoms with van der Waals surface area (Å²) in [5.74, 6) is -1.69. The third kappa shape index (κ3) is 5.31. The summed E-state index contributed by atoms with van der Waals surface area (Å²) in [7, 11) is 1.55. The van der Waals surface area contributed by atoms with Gasteiger partial charge >= 0.3 is 6.09 Å². The topological polar surface area (TPSA) is 137 Å². The summed E-state index contributed by atoms with van der Waals surface area (Å²) in [4.78, 5) is 37.1. The number of hydrogen-bond donors (Lipinski definition) is 2. The number of aryl methyl sites for hydroxylation is 1. The smallest absolute Gasteiger partial charge is 0.413 e. The molecule has 4 heterocycles. The number of ether oxygens (including phenoxy) is 1. The van der Waals surface area contributed by atoms with E-state index in [1.165, 1.54) is 17.8 Å². The van der Waals surface area contributed by atoms with Crippen molar-refractivity contribution < 1.29 is 23.1 Å². The summed E-state index contributed by atoms with van der Waals surface area (Å²) < 4.78 is 33.8. The Hall–Kier alpha value is -4.81. The molecule has 2 amide bonds. The number of halogens is 2. The van der Waals surface area contributed by atoms with Gasteiger partial charge in [0.1, 0.15) is 11.9 Å². The molecule has 3 atom stereocenters. The normalized spacial score (nSPS) is 16.9. The van der Waals surface area contributed by atoms with Crippen LogP contribution in [0.15, 0.2) is 55.0 Å². The van der Waals surface area contributed by atoms with E-state index in [0.29, 0.717) is 11.4 Å². The van der Waals surface area contributed by atoms with Crippen LogP contribution in [-0.2, 0) is 16.6 Å². The zero-order valence-corrected chi connectivity index (χ0v) is 20.3. The molecule has 0 saturated heterocycles. The fraction of sp³-hybridized carbons (Fsp3) is 0.240. The van der Waals surface area contributed by atoms with Gasteiger partial charge in [0.05, 0.1) is 29.3 Å². The van der Waals surface area contributed by atoms with Gasteiger partial charge in [-0.2, -0.15) is 4.39 Å². The molecule has 0 aliphatic heterocycles. The molecule has 13 heteroatoms. The van der Waals surface area contributed by atoms with Gasteiger partial charge in [0.2, 0.25) is 11.9 Å². The van der Waals surface area contributed by atoms with Crippen LogP contribution in [0.4, 0.5) is 25.1 Å². The van der Waals surface area contributed by atoms with E-state index in [-0.39, 0.29) is 34.8 Å². The van der Waals surface area contributed by atoms with Crippen LogP contribution in [0.1, 0.15) is 36.6 Å². The Bertz CT molecular complexity index is 1480. The van der Waals surface area contributed by atoms with Crippen molar-refractivity contribution in [2.75, 3.05) is 10.6 Å². The number of hydrogen-bond acceptors (Lipinski definition) is 8. The standard InChI is InChI=1S/C25H22F2N8O3/c1-13(16-9-14(26)11-30-22(16)27)38-25(37)32-23-21(33-34-35(23)2)20-7-6-15(12-29-20)31-24(36)18-10-17(18)19-5-3-4-8-28-19/h3-9,11-13,17-18H,10H2,1-2H3,(H,31,36)(H,32,37)/t13-,17-,18-/m1/s1. The largest absolute Gasteiger partial charge is 0.441 e. The third-order valence-electron chi connectivity index (χ3n) is 6.07. The predicted octanol–water partition coefficient (Wildman–Crippen LogP) is 4.00. The Balaban J connectivity index is 1.22. The highest BCUT2D eigenvalue weighted by atomic mass is 19.1. The van der Waals surface area contributed by atoms with E-state index in [2.05, 4.69) is 35.9 Å². The van der Waals surface area contributed by atoms with E-state index in [1.54, 1.807) is 25.4 Å². The van der Waals surface area contributed by atoms with Crippen molar-refractivity contribution in [3.63, 3.8) is 0 Å². The lowest BCUT2D eigenvalue weighted by Crippen LogP contribution is -2.19. The van der Waals surface area contributed by atoms with Crippen LogP contribution < -0.4 is 10.6 Å². The van der Waals surface area contributed by atoms with Crippen molar-refractivity contribution in [3.05, 3.63) is 78.0 Å². The Morgan fingerprint density at radius 2 is 1.95 bits per heavy atom. The molecule has 0 unspecified atom stereocenters. The maximum Gasteiger partial charge on any atom is 0.413 e. The van der Waals surface area contributed by atoms with Gasteiger partial charge in [-0.05, 0) is 43.7 Å². The maximum atomic E-state index is 13.9. The van der Waals surface area contributed by atoms with Crippen molar-refractivity contribution in [3.8, 4) is 11.4 Å². The van der Waals surface area contributed by atoms with Crippen molar-refractivity contribution >= 4 is 23.5 Å². The number of carbonyl (C=O) groups is 2. The summed E-state index contributed by atoms with van der Waals surface area (Å²) >= 11 is 0. The molecular formula is C25H22F2N8O3. The number of nitrogens with zero attached hydrogens (tertiary/aromatic N) is 6. The van der Waals surface area contributed by atoms with Crippen molar-refractivity contribution in [1.82, 2.24) is 29.9 Å². The molecule has 38 heavy (non-hydrogen) atoms. The lowest BCUT2D eigenvalue weighted by Gasteiger charge is -2.15. The molecule has 2 N–H and O–H groups in total. The lowest BCUT2D eigenvalue weighted by molar-refractivity contribution is -0.117. The maximum absolute atomic E-state index is 13.9. The summed E-state index contributed by atoms with van der Waals surface area (Å²) in [6.45, 7) is 1.39. The average Bonchev–Trinajstić information content (AvgIpc) is 3.64. The third-order valence-corrected chi connectivity index (χ3v) is 6.07. The number of rotatable bonds is 7. The highest BCUT2D eigenvalue weighted by Crippen LogP contribution is 2.47. The number of anilines is 2. The molecular weight excluding hydrogens is 498 g/mol. The van der Waals surface area contributed by atoms with E-state index in [1.807, 2.05) is 18.2 Å². The first kappa shape index (κ1) is 24.9. The van der Waals surface area contributed by atoms with E-state index in [0.717, 1.165) is 24.4 Å². The van der Waals surface area contributed by atoms with E-state index < -0.39 is 24.0 Å². The molecule has 0 bridgehead atoms. The van der Waals surface area contributed by atoms with Gasteiger partial charge < -0.3 is 10.1 Å². The molecule has 1 aliphatic carbocycles. The fourth-order valence-corrected chi connectivity index (χ4v) is 3.99. The summed E-state index contributed by atoms with van der Waals surface area (Å²) in [6, 6.07) is 9.84. The zero-order valence-electron chi connectivity index (χ0n) is 20.3. The Labute approximate surface area is 215 Å². The van der Waals surface area contributed by atoms with Gasteiger partial charge in [0, 0.05) is 30.8 Å². The Kier molecular flexibility index (Phi) is 6.73. The highest BCUT2D eigenvalue weighted by Gasteiger charge is 2.44. The molecule has 0 radical (unpaired) electrons. The molecule has 1 fully saturated rings. The first-order valence-corrected chi connectivity index (χ1v) is 11.7. The van der Waals surface area contributed by atoms with Crippen LogP contribution in [-0.4, -0.2) is 41.9 Å². The molecule has 4 aromatic heterocycles. The minimum atomic E-state index is -1.12. The van der Waals surface area contributed by atoms with Crippen LogP contribution >= 0.6 is 0 Å². The van der Waals surface area contributed by atoms with Gasteiger partial charge in [0.15, 0.2) is 11.5 Å². The van der Waals surface area contributed by atoms with Gasteiger partial charge in [-0.25, -0.2) is 18.9 Å². The van der Waals surface area contributed by atoms with Crippen LogP contribution in [0.2, 0.25) is 0 Å². The SMILES string of the molecule is C[C@@H](OC(=O)Nc1c(-c2ccc(NC(=O)[C@@H]3C[C@H]3c3ccccn3)cn2)nnn1C)c1cc(F)cnc1F. The summed E-state index contributed by atoms with van der Waals surface area (Å²) in [6.07, 6.45) is 2.59. The molecule has 1 saturated carbocycles. The number of carbonyl (C=O) groups excluding carboxylic acids is 2. The van der Waals surface area contributed by atoms with Gasteiger partial charge in [0.25, 0.3) is 0 Å². The van der Waals surface area contributed by atoms with Crippen LogP contribution in [0.5, 0.6) is 0 Å². The Morgan fingerprint density at radius 1 is 1.11 bits per heavy atom. The molecule has 0 spiro atoms. The fourth-order valence-electron chi connectivity index (χ4n) is 3.99. The quantitative estimate of drug-likeness (QED) is 0.349. The van der Waals surface area contributed by atoms with Gasteiger partial charge in [-0.3, -0.25) is 20.1 Å². The van der Waals surface area contributed by atoms with Gasteiger partial charge in [-0.15, -0.1) is 5.10 Å². The minimum Gasteiger partial charge on any atom is -0.441 e. The first-order chi connectivity index (χ1) is 18.3. The van der Waals surface area contributed by atoms with Gasteiger partial charge in [-0.1, -0.05) is 11.3 Å². The monoisotopic (exact) mass is 520 g/mol. The number of nitrogens with one attached hydrogen (secondary N) is 2. The van der Waals surface area contributed by atoms with Crippen molar-refractivity contribution in [2.24, 2.45) is 13.0 Å². The van der Waals surface area contributed by atoms with E-state index in [9.17, 15) is 18.4 Å². The van der Waals surface area contributed by atoms with Crippen LogP contribution in [0.25, 0.3) is 11.4 Å². The molecule has 1 aliphatic rings. The molecule has 5 rings (SSSR count). The number of pyridine rings is 3. The van der Waals surface area contributed by atoms with E-state index >= 15 is 0 Å². The highest BCUT2D eigenvalue weighted by molar-refractivity contribution is 5.95. The van der Waals surface area contributed by atoms with E-state index in [4.69, 9.17) is 4.74 Å². The number of amides is 2.